The molecule has 0 unspecified atom stereocenters. The maximum Gasteiger partial charge on any atom is 0.211 e. The molecule has 1 saturated heterocycles. The molecule has 158 valence electrons. The molecule has 0 aliphatic carbocycles. The molecule has 5 nitrogen and oxygen atoms in total. The predicted molar refractivity (Wildman–Crippen MR) is 114 cm³/mol. The van der Waals surface area contributed by atoms with Crippen molar-refractivity contribution in [3.8, 4) is 0 Å². The first kappa shape index (κ1) is 20.9. The van der Waals surface area contributed by atoms with Gasteiger partial charge in [-0.15, -0.1) is 11.3 Å². The SMILES string of the molecule is CC(C)c1nc2c(s1)CN(Cc1cccc(F)c1)CC21CCN(S(C)(=O)=O)CC1. The normalized spacial score (nSPS) is 20.3. The first-order valence-corrected chi connectivity index (χ1v) is 12.7. The topological polar surface area (TPSA) is 53.5 Å². The van der Waals surface area contributed by atoms with E-state index in [0.29, 0.717) is 25.6 Å². The van der Waals surface area contributed by atoms with Gasteiger partial charge in [0.15, 0.2) is 0 Å². The van der Waals surface area contributed by atoms with E-state index in [0.717, 1.165) is 36.5 Å². The number of sulfonamides is 1. The number of hydrogen-bond donors (Lipinski definition) is 0. The standard InChI is InChI=1S/C21H28FN3O2S2/c1-15(2)20-23-19-18(28-20)13-24(12-16-5-4-6-17(22)11-16)14-21(19)7-9-25(10-8-21)29(3,26)27/h4-6,11,15H,7-10,12-14H2,1-3H3. The summed E-state index contributed by atoms with van der Waals surface area (Å²) in [7, 11) is -3.17. The summed E-state index contributed by atoms with van der Waals surface area (Å²) in [4.78, 5) is 8.69. The maximum absolute atomic E-state index is 13.7. The summed E-state index contributed by atoms with van der Waals surface area (Å²) in [6, 6.07) is 6.78. The Hall–Kier alpha value is -1.35. The van der Waals surface area contributed by atoms with Gasteiger partial charge in [-0.3, -0.25) is 4.90 Å². The van der Waals surface area contributed by atoms with Crippen LogP contribution in [0.15, 0.2) is 24.3 Å². The molecule has 0 bridgehead atoms. The molecular weight excluding hydrogens is 409 g/mol. The van der Waals surface area contributed by atoms with Crippen molar-refractivity contribution in [3.05, 3.63) is 51.2 Å². The zero-order valence-electron chi connectivity index (χ0n) is 17.2. The molecule has 2 aromatic rings. The fraction of sp³-hybridized carbons (Fsp3) is 0.571. The molecule has 1 aromatic carbocycles. The van der Waals surface area contributed by atoms with Gasteiger partial charge < -0.3 is 0 Å². The minimum Gasteiger partial charge on any atom is -0.293 e. The van der Waals surface area contributed by atoms with Crippen LogP contribution in [-0.2, 0) is 28.5 Å². The first-order chi connectivity index (χ1) is 13.7. The van der Waals surface area contributed by atoms with E-state index in [-0.39, 0.29) is 11.2 Å². The van der Waals surface area contributed by atoms with Gasteiger partial charge in [0.1, 0.15) is 5.82 Å². The summed E-state index contributed by atoms with van der Waals surface area (Å²) in [6.07, 6.45) is 2.83. The molecule has 2 aliphatic heterocycles. The average molecular weight is 438 g/mol. The van der Waals surface area contributed by atoms with E-state index in [1.807, 2.05) is 6.07 Å². The highest BCUT2D eigenvalue weighted by Crippen LogP contribution is 2.44. The lowest BCUT2D eigenvalue weighted by molar-refractivity contribution is 0.120. The van der Waals surface area contributed by atoms with Crippen molar-refractivity contribution in [1.29, 1.82) is 0 Å². The molecule has 0 saturated carbocycles. The van der Waals surface area contributed by atoms with Crippen LogP contribution in [0, 0.1) is 5.82 Å². The summed E-state index contributed by atoms with van der Waals surface area (Å²) in [6.45, 7) is 7.70. The molecule has 8 heteroatoms. The number of halogens is 1. The van der Waals surface area contributed by atoms with Gasteiger partial charge in [-0.05, 0) is 30.5 Å². The van der Waals surface area contributed by atoms with Crippen molar-refractivity contribution in [1.82, 2.24) is 14.2 Å². The van der Waals surface area contributed by atoms with Gasteiger partial charge in [-0.1, -0.05) is 26.0 Å². The Morgan fingerprint density at radius 2 is 2.00 bits per heavy atom. The monoisotopic (exact) mass is 437 g/mol. The lowest BCUT2D eigenvalue weighted by atomic mass is 9.73. The van der Waals surface area contributed by atoms with E-state index in [1.165, 1.54) is 22.9 Å². The van der Waals surface area contributed by atoms with Crippen molar-refractivity contribution in [2.45, 2.75) is 51.1 Å². The number of benzene rings is 1. The number of nitrogens with zero attached hydrogens (tertiary/aromatic N) is 3. The van der Waals surface area contributed by atoms with Crippen LogP contribution in [0.5, 0.6) is 0 Å². The van der Waals surface area contributed by atoms with Crippen molar-refractivity contribution in [3.63, 3.8) is 0 Å². The molecule has 1 fully saturated rings. The minimum absolute atomic E-state index is 0.133. The van der Waals surface area contributed by atoms with E-state index < -0.39 is 10.0 Å². The van der Waals surface area contributed by atoms with Crippen LogP contribution in [0.25, 0.3) is 0 Å². The number of hydrogen-bond acceptors (Lipinski definition) is 5. The number of aromatic nitrogens is 1. The second-order valence-electron chi connectivity index (χ2n) is 8.70. The van der Waals surface area contributed by atoms with E-state index in [4.69, 9.17) is 4.98 Å². The van der Waals surface area contributed by atoms with Crippen LogP contribution in [-0.4, -0.2) is 48.5 Å². The molecule has 0 N–H and O–H groups in total. The molecule has 0 amide bonds. The highest BCUT2D eigenvalue weighted by Gasteiger charge is 2.45. The smallest absolute Gasteiger partial charge is 0.211 e. The molecule has 4 rings (SSSR count). The van der Waals surface area contributed by atoms with Crippen LogP contribution in [0.2, 0.25) is 0 Å². The van der Waals surface area contributed by atoms with Crippen molar-refractivity contribution >= 4 is 21.4 Å². The summed E-state index contributed by atoms with van der Waals surface area (Å²) >= 11 is 1.78. The average Bonchev–Trinajstić information content (AvgIpc) is 3.07. The number of rotatable bonds is 4. The Morgan fingerprint density at radius 3 is 2.62 bits per heavy atom. The fourth-order valence-corrected chi connectivity index (χ4v) is 6.62. The van der Waals surface area contributed by atoms with Crippen molar-refractivity contribution in [2.24, 2.45) is 0 Å². The van der Waals surface area contributed by atoms with Gasteiger partial charge in [0.05, 0.1) is 17.0 Å². The van der Waals surface area contributed by atoms with Crippen LogP contribution in [0.4, 0.5) is 4.39 Å². The molecule has 29 heavy (non-hydrogen) atoms. The molecule has 0 radical (unpaired) electrons. The summed E-state index contributed by atoms with van der Waals surface area (Å²) < 4.78 is 39.2. The van der Waals surface area contributed by atoms with Crippen molar-refractivity contribution < 1.29 is 12.8 Å². The zero-order valence-corrected chi connectivity index (χ0v) is 18.8. The molecule has 3 heterocycles. The van der Waals surface area contributed by atoms with Gasteiger partial charge in [-0.25, -0.2) is 22.1 Å². The van der Waals surface area contributed by atoms with E-state index in [9.17, 15) is 12.8 Å². The molecule has 2 aliphatic rings. The van der Waals surface area contributed by atoms with Gasteiger partial charge in [0.25, 0.3) is 0 Å². The molecule has 1 spiro atoms. The fourth-order valence-electron chi connectivity index (χ4n) is 4.55. The Balaban J connectivity index is 1.64. The van der Waals surface area contributed by atoms with E-state index >= 15 is 0 Å². The Kier molecular flexibility index (Phi) is 5.57. The van der Waals surface area contributed by atoms with E-state index in [2.05, 4.69) is 18.7 Å². The zero-order chi connectivity index (χ0) is 20.8. The maximum atomic E-state index is 13.7. The lowest BCUT2D eigenvalue weighted by Crippen LogP contribution is -2.52. The van der Waals surface area contributed by atoms with Gasteiger partial charge in [-0.2, -0.15) is 0 Å². The minimum atomic E-state index is -3.17. The van der Waals surface area contributed by atoms with Crippen LogP contribution < -0.4 is 0 Å². The van der Waals surface area contributed by atoms with Crippen LogP contribution in [0.3, 0.4) is 0 Å². The lowest BCUT2D eigenvalue weighted by Gasteiger charge is -2.46. The Bertz CT molecular complexity index is 995. The number of piperidine rings is 1. The van der Waals surface area contributed by atoms with Crippen LogP contribution >= 0.6 is 11.3 Å². The molecule has 1 aromatic heterocycles. The third-order valence-electron chi connectivity index (χ3n) is 6.05. The Labute approximate surface area is 176 Å². The summed E-state index contributed by atoms with van der Waals surface area (Å²) in [5, 5.41) is 1.15. The van der Waals surface area contributed by atoms with Gasteiger partial charge >= 0.3 is 0 Å². The number of fused-ring (bicyclic) bond motifs is 2. The van der Waals surface area contributed by atoms with Gasteiger partial charge in [0, 0.05) is 48.9 Å². The summed E-state index contributed by atoms with van der Waals surface area (Å²) in [5.74, 6) is 0.159. The molecule has 0 atom stereocenters. The Morgan fingerprint density at radius 1 is 1.28 bits per heavy atom. The highest BCUT2D eigenvalue weighted by atomic mass is 32.2. The summed E-state index contributed by atoms with van der Waals surface area (Å²) in [5.41, 5.74) is 2.01. The van der Waals surface area contributed by atoms with E-state index in [1.54, 1.807) is 27.8 Å². The largest absolute Gasteiger partial charge is 0.293 e. The first-order valence-electron chi connectivity index (χ1n) is 10.1. The molecular formula is C21H28FN3O2S2. The quantitative estimate of drug-likeness (QED) is 0.732. The van der Waals surface area contributed by atoms with Crippen LogP contribution in [0.1, 0.15) is 53.7 Å². The van der Waals surface area contributed by atoms with Crippen molar-refractivity contribution in [2.75, 3.05) is 25.9 Å². The second-order valence-corrected chi connectivity index (χ2v) is 11.8. The second kappa shape index (κ2) is 7.72. The van der Waals surface area contributed by atoms with Gasteiger partial charge in [0.2, 0.25) is 10.0 Å². The number of thiazole rings is 1. The third-order valence-corrected chi connectivity index (χ3v) is 8.69. The highest BCUT2D eigenvalue weighted by molar-refractivity contribution is 7.88. The third kappa shape index (κ3) is 4.26. The predicted octanol–water partition coefficient (Wildman–Crippen LogP) is 3.71.